The molecular weight excluding hydrogens is 375 g/mol. The Morgan fingerprint density at radius 2 is 1.93 bits per heavy atom. The molecule has 0 saturated heterocycles. The van der Waals surface area contributed by atoms with Crippen LogP contribution in [-0.4, -0.2) is 24.4 Å². The Hall–Kier alpha value is -3.49. The number of aryl methyl sites for hydroxylation is 1. The van der Waals surface area contributed by atoms with E-state index in [1.165, 1.54) is 22.8 Å². The first-order valence-corrected chi connectivity index (χ1v) is 9.23. The molecule has 3 heterocycles. The van der Waals surface area contributed by atoms with Crippen LogP contribution in [0.1, 0.15) is 25.5 Å². The Kier molecular flexibility index (Phi) is 4.45. The molecule has 1 aliphatic rings. The molecule has 0 aliphatic carbocycles. The molecule has 2 aromatic heterocycles. The third kappa shape index (κ3) is 2.89. The van der Waals surface area contributed by atoms with Crippen LogP contribution in [0.4, 0.5) is 10.3 Å². The summed E-state index contributed by atoms with van der Waals surface area (Å²) >= 11 is 0. The summed E-state index contributed by atoms with van der Waals surface area (Å²) in [5, 5.41) is 6.29. The zero-order chi connectivity index (χ0) is 20.9. The Balaban J connectivity index is 1.95. The number of fused-ring (bicyclic) bond motifs is 3. The number of hydrogen-bond acceptors (Lipinski definition) is 5. The van der Waals surface area contributed by atoms with Gasteiger partial charge in [-0.15, -0.1) is 6.58 Å². The van der Waals surface area contributed by atoms with Crippen molar-refractivity contribution < 1.29 is 4.39 Å². The minimum Gasteiger partial charge on any atom is -0.294 e. The van der Waals surface area contributed by atoms with Crippen molar-refractivity contribution >= 4 is 22.8 Å². The van der Waals surface area contributed by atoms with Crippen LogP contribution in [0.15, 0.2) is 51.6 Å². The molecule has 0 radical (unpaired) electrons. The Bertz CT molecular complexity index is 1270. The van der Waals surface area contributed by atoms with Crippen molar-refractivity contribution in [2.45, 2.75) is 33.0 Å². The smallest absolute Gasteiger partial charge is 0.294 e. The largest absolute Gasteiger partial charge is 0.332 e. The van der Waals surface area contributed by atoms with Crippen molar-refractivity contribution in [3.8, 4) is 0 Å². The quantitative estimate of drug-likeness (QED) is 0.634. The van der Waals surface area contributed by atoms with Crippen LogP contribution in [0.3, 0.4) is 0 Å². The van der Waals surface area contributed by atoms with Gasteiger partial charge in [0.1, 0.15) is 5.82 Å². The lowest BCUT2D eigenvalue weighted by Crippen LogP contribution is -2.40. The summed E-state index contributed by atoms with van der Waals surface area (Å²) in [5.74, 6) is 0.150. The average Bonchev–Trinajstić information content (AvgIpc) is 3.10. The summed E-state index contributed by atoms with van der Waals surface area (Å²) in [6.45, 7) is 7.90. The van der Waals surface area contributed by atoms with Crippen LogP contribution in [0.25, 0.3) is 11.2 Å². The first-order valence-electron chi connectivity index (χ1n) is 9.23. The van der Waals surface area contributed by atoms with Crippen molar-refractivity contribution in [1.29, 1.82) is 0 Å². The Morgan fingerprint density at radius 1 is 1.24 bits per heavy atom. The predicted octanol–water partition coefficient (Wildman–Crippen LogP) is 2.18. The predicted molar refractivity (Wildman–Crippen MR) is 110 cm³/mol. The van der Waals surface area contributed by atoms with Gasteiger partial charge in [0.15, 0.2) is 11.2 Å². The summed E-state index contributed by atoms with van der Waals surface area (Å²) in [5.41, 5.74) is 1.42. The maximum atomic E-state index is 13.3. The molecule has 1 atom stereocenters. The van der Waals surface area contributed by atoms with E-state index in [4.69, 9.17) is 0 Å². The number of halogens is 1. The topological polar surface area (TPSA) is 77.4 Å². The fourth-order valence-corrected chi connectivity index (χ4v) is 3.54. The molecule has 3 aromatic rings. The molecule has 0 fully saturated rings. The third-order valence-corrected chi connectivity index (χ3v) is 5.22. The molecule has 0 bridgehead atoms. The number of allylic oxidation sites excluding steroid dienone is 1. The lowest BCUT2D eigenvalue weighted by molar-refractivity contribution is 0.621. The molecule has 1 unspecified atom stereocenters. The third-order valence-electron chi connectivity index (χ3n) is 5.22. The summed E-state index contributed by atoms with van der Waals surface area (Å²) in [7, 11) is 1.59. The molecule has 0 amide bonds. The second-order valence-corrected chi connectivity index (χ2v) is 7.10. The molecule has 150 valence electrons. The molecule has 0 spiro atoms. The standard InChI is InChI=1S/C20H21FN6O2/c1-5-10-25-18(28)16-17(24(4)20(25)29)22-19-26(23-12(2)13(3)27(16)19)11-14-6-8-15(21)9-7-14/h5-9,13H,1,10-11H2,2-4H3. The normalized spacial score (nSPS) is 16.1. The minimum atomic E-state index is -0.451. The van der Waals surface area contributed by atoms with Gasteiger partial charge in [-0.3, -0.25) is 18.5 Å². The molecule has 1 aliphatic heterocycles. The molecule has 0 saturated carbocycles. The van der Waals surface area contributed by atoms with Crippen LogP contribution >= 0.6 is 0 Å². The van der Waals surface area contributed by atoms with Crippen LogP contribution in [-0.2, 0) is 20.1 Å². The van der Waals surface area contributed by atoms with E-state index in [1.54, 1.807) is 24.2 Å². The van der Waals surface area contributed by atoms with Gasteiger partial charge in [-0.25, -0.2) is 14.2 Å². The Labute approximate surface area is 165 Å². The molecule has 4 rings (SSSR count). The number of benzene rings is 1. The van der Waals surface area contributed by atoms with Gasteiger partial charge in [-0.2, -0.15) is 10.1 Å². The molecule has 8 nitrogen and oxygen atoms in total. The number of rotatable bonds is 4. The second kappa shape index (κ2) is 6.84. The molecule has 9 heteroatoms. The van der Waals surface area contributed by atoms with Gasteiger partial charge >= 0.3 is 5.69 Å². The van der Waals surface area contributed by atoms with Crippen molar-refractivity contribution in [2.75, 3.05) is 5.01 Å². The monoisotopic (exact) mass is 396 g/mol. The van der Waals surface area contributed by atoms with Gasteiger partial charge < -0.3 is 0 Å². The first kappa shape index (κ1) is 18.9. The number of aromatic nitrogens is 4. The van der Waals surface area contributed by atoms with Crippen molar-refractivity contribution in [3.63, 3.8) is 0 Å². The minimum absolute atomic E-state index is 0.114. The van der Waals surface area contributed by atoms with Gasteiger partial charge in [0, 0.05) is 13.6 Å². The van der Waals surface area contributed by atoms with Gasteiger partial charge in [0.2, 0.25) is 5.95 Å². The summed E-state index contributed by atoms with van der Waals surface area (Å²) < 4.78 is 17.6. The van der Waals surface area contributed by atoms with Crippen LogP contribution in [0.2, 0.25) is 0 Å². The van der Waals surface area contributed by atoms with E-state index < -0.39 is 11.2 Å². The highest BCUT2D eigenvalue weighted by atomic mass is 19.1. The molecular formula is C20H21FN6O2. The maximum absolute atomic E-state index is 13.3. The van der Waals surface area contributed by atoms with E-state index in [2.05, 4.69) is 16.7 Å². The number of imidazole rings is 1. The Morgan fingerprint density at radius 3 is 2.59 bits per heavy atom. The van der Waals surface area contributed by atoms with Crippen LogP contribution < -0.4 is 16.3 Å². The van der Waals surface area contributed by atoms with Gasteiger partial charge in [-0.1, -0.05) is 18.2 Å². The zero-order valence-corrected chi connectivity index (χ0v) is 16.5. The number of hydrogen-bond donors (Lipinski definition) is 0. The molecule has 0 N–H and O–H groups in total. The second-order valence-electron chi connectivity index (χ2n) is 7.10. The highest BCUT2D eigenvalue weighted by Crippen LogP contribution is 2.30. The van der Waals surface area contributed by atoms with Crippen molar-refractivity contribution in [3.05, 3.63) is 69.1 Å². The maximum Gasteiger partial charge on any atom is 0.332 e. The van der Waals surface area contributed by atoms with E-state index in [0.717, 1.165) is 15.8 Å². The zero-order valence-electron chi connectivity index (χ0n) is 16.5. The highest BCUT2D eigenvalue weighted by Gasteiger charge is 2.30. The summed E-state index contributed by atoms with van der Waals surface area (Å²) in [4.78, 5) is 30.3. The summed E-state index contributed by atoms with van der Waals surface area (Å²) in [6, 6.07) is 5.93. The van der Waals surface area contributed by atoms with Gasteiger partial charge in [-0.05, 0) is 31.5 Å². The average molecular weight is 396 g/mol. The fourth-order valence-electron chi connectivity index (χ4n) is 3.54. The molecule has 29 heavy (non-hydrogen) atoms. The van der Waals surface area contributed by atoms with Gasteiger partial charge in [0.25, 0.3) is 5.56 Å². The number of anilines is 1. The fraction of sp³-hybridized carbons (Fsp3) is 0.300. The summed E-state index contributed by atoms with van der Waals surface area (Å²) in [6.07, 6.45) is 1.51. The SMILES string of the molecule is C=CCn1c(=O)c2c(nc3n2C(C)C(C)=NN3Cc2ccc(F)cc2)n(C)c1=O. The van der Waals surface area contributed by atoms with Crippen LogP contribution in [0, 0.1) is 5.82 Å². The van der Waals surface area contributed by atoms with Crippen LogP contribution in [0.5, 0.6) is 0 Å². The lowest BCUT2D eigenvalue weighted by atomic mass is 10.2. The van der Waals surface area contributed by atoms with E-state index in [1.807, 2.05) is 18.4 Å². The van der Waals surface area contributed by atoms with E-state index >= 15 is 0 Å². The molecule has 1 aromatic carbocycles. The first-order chi connectivity index (χ1) is 13.8. The number of hydrazone groups is 1. The van der Waals surface area contributed by atoms with Gasteiger partial charge in [0.05, 0.1) is 18.3 Å². The van der Waals surface area contributed by atoms with Crippen molar-refractivity contribution in [2.24, 2.45) is 12.1 Å². The number of nitrogens with zero attached hydrogens (tertiary/aromatic N) is 6. The van der Waals surface area contributed by atoms with E-state index in [0.29, 0.717) is 23.7 Å². The lowest BCUT2D eigenvalue weighted by Gasteiger charge is -2.29. The van der Waals surface area contributed by atoms with E-state index in [9.17, 15) is 14.0 Å². The van der Waals surface area contributed by atoms with Crippen molar-refractivity contribution in [1.82, 2.24) is 18.7 Å². The van der Waals surface area contributed by atoms with E-state index in [-0.39, 0.29) is 18.4 Å². The highest BCUT2D eigenvalue weighted by molar-refractivity contribution is 5.91.